The number of rotatable bonds is 4. The molecule has 0 bridgehead atoms. The average molecular weight is 423 g/mol. The molecule has 0 fully saturated rings. The predicted molar refractivity (Wildman–Crippen MR) is 105 cm³/mol. The number of fused-ring (bicyclic) bond motifs is 2. The van der Waals surface area contributed by atoms with Crippen LogP contribution in [0, 0.1) is 17.5 Å². The number of aromatic nitrogens is 5. The topological polar surface area (TPSA) is 96.4 Å². The fraction of sp³-hybridized carbons (Fsp3) is 0.0476. The maximum Gasteiger partial charge on any atom is 0.275 e. The Bertz CT molecular complexity index is 1490. The van der Waals surface area contributed by atoms with Gasteiger partial charge in [0, 0.05) is 41.7 Å². The van der Waals surface area contributed by atoms with Crippen LogP contribution in [-0.4, -0.2) is 30.3 Å². The van der Waals surface area contributed by atoms with Gasteiger partial charge in [-0.25, -0.2) is 18.2 Å². The molecule has 0 aliphatic rings. The van der Waals surface area contributed by atoms with Crippen LogP contribution in [-0.2, 0) is 6.54 Å². The SMILES string of the molecule is O=C(c1c(F)cc(F)cc1F)c1c[nH]c2c(=O)n(Cc3nc4ccncc4[nH]3)ccc12. The summed E-state index contributed by atoms with van der Waals surface area (Å²) in [6, 6.07) is 4.09. The number of nitrogens with one attached hydrogen (secondary N) is 2. The van der Waals surface area contributed by atoms with Crippen LogP contribution in [0.15, 0.2) is 53.8 Å². The van der Waals surface area contributed by atoms with Gasteiger partial charge in [-0.05, 0) is 12.1 Å². The fourth-order valence-electron chi connectivity index (χ4n) is 3.51. The van der Waals surface area contributed by atoms with E-state index in [1.807, 2.05) is 0 Å². The highest BCUT2D eigenvalue weighted by atomic mass is 19.1. The van der Waals surface area contributed by atoms with Crippen LogP contribution in [0.3, 0.4) is 0 Å². The summed E-state index contributed by atoms with van der Waals surface area (Å²) in [5.74, 6) is -4.23. The Kier molecular flexibility index (Phi) is 4.21. The van der Waals surface area contributed by atoms with Crippen molar-refractivity contribution >= 4 is 27.7 Å². The van der Waals surface area contributed by atoms with E-state index >= 15 is 0 Å². The van der Waals surface area contributed by atoms with E-state index in [4.69, 9.17) is 0 Å². The highest BCUT2D eigenvalue weighted by molar-refractivity contribution is 6.16. The summed E-state index contributed by atoms with van der Waals surface area (Å²) >= 11 is 0. The number of carbonyl (C=O) groups is 1. The van der Waals surface area contributed by atoms with Gasteiger partial charge in [0.05, 0.1) is 29.3 Å². The third-order valence-electron chi connectivity index (χ3n) is 4.95. The molecule has 5 aromatic rings. The fourth-order valence-corrected chi connectivity index (χ4v) is 3.51. The van der Waals surface area contributed by atoms with Crippen molar-refractivity contribution in [3.8, 4) is 0 Å². The van der Waals surface area contributed by atoms with E-state index in [9.17, 15) is 22.8 Å². The van der Waals surface area contributed by atoms with Crippen LogP contribution in [0.2, 0.25) is 0 Å². The summed E-state index contributed by atoms with van der Waals surface area (Å²) in [7, 11) is 0. The molecule has 0 radical (unpaired) electrons. The molecule has 0 aliphatic heterocycles. The highest BCUT2D eigenvalue weighted by Crippen LogP contribution is 2.23. The van der Waals surface area contributed by atoms with Crippen LogP contribution in [0.5, 0.6) is 0 Å². The van der Waals surface area contributed by atoms with Gasteiger partial charge in [-0.15, -0.1) is 0 Å². The molecule has 154 valence electrons. The number of ketones is 1. The number of aromatic amines is 2. The van der Waals surface area contributed by atoms with Gasteiger partial charge in [-0.3, -0.25) is 14.6 Å². The van der Waals surface area contributed by atoms with E-state index in [0.717, 1.165) is 5.52 Å². The molecule has 31 heavy (non-hydrogen) atoms. The van der Waals surface area contributed by atoms with Gasteiger partial charge in [-0.2, -0.15) is 0 Å². The van der Waals surface area contributed by atoms with Crippen molar-refractivity contribution in [2.45, 2.75) is 6.54 Å². The van der Waals surface area contributed by atoms with Crippen molar-refractivity contribution in [1.82, 2.24) is 24.5 Å². The van der Waals surface area contributed by atoms with Crippen molar-refractivity contribution in [3.05, 3.63) is 93.8 Å². The lowest BCUT2D eigenvalue weighted by Crippen LogP contribution is -2.20. The molecule has 10 heteroatoms. The molecule has 5 rings (SSSR count). The van der Waals surface area contributed by atoms with Gasteiger partial charge in [0.1, 0.15) is 28.8 Å². The Balaban J connectivity index is 1.54. The van der Waals surface area contributed by atoms with Gasteiger partial charge < -0.3 is 14.5 Å². The summed E-state index contributed by atoms with van der Waals surface area (Å²) < 4.78 is 42.6. The second-order valence-corrected chi connectivity index (χ2v) is 6.89. The first kappa shape index (κ1) is 18.8. The minimum atomic E-state index is -1.32. The lowest BCUT2D eigenvalue weighted by atomic mass is 10.0. The molecule has 0 spiro atoms. The summed E-state index contributed by atoms with van der Waals surface area (Å²) in [5.41, 5.74) is 0.0838. The molecule has 4 heterocycles. The zero-order valence-electron chi connectivity index (χ0n) is 15.6. The number of benzene rings is 1. The molecular weight excluding hydrogens is 411 g/mol. The van der Waals surface area contributed by atoms with Gasteiger partial charge >= 0.3 is 0 Å². The van der Waals surface area contributed by atoms with Crippen molar-refractivity contribution < 1.29 is 18.0 Å². The van der Waals surface area contributed by atoms with Crippen LogP contribution >= 0.6 is 0 Å². The molecule has 4 aromatic heterocycles. The molecule has 0 aliphatic carbocycles. The number of pyridine rings is 2. The Morgan fingerprint density at radius 2 is 1.90 bits per heavy atom. The monoisotopic (exact) mass is 423 g/mol. The molecule has 0 amide bonds. The quantitative estimate of drug-likeness (QED) is 0.434. The van der Waals surface area contributed by atoms with E-state index < -0.39 is 34.4 Å². The lowest BCUT2D eigenvalue weighted by Gasteiger charge is -2.05. The summed E-state index contributed by atoms with van der Waals surface area (Å²) in [6.07, 6.45) is 5.88. The Hall–Kier alpha value is -4.21. The van der Waals surface area contributed by atoms with Gasteiger partial charge in [0.25, 0.3) is 5.56 Å². The molecule has 1 aromatic carbocycles. The number of hydrogen-bond acceptors (Lipinski definition) is 4. The normalized spacial score (nSPS) is 11.5. The average Bonchev–Trinajstić information content (AvgIpc) is 3.33. The van der Waals surface area contributed by atoms with Crippen LogP contribution < -0.4 is 5.56 Å². The van der Waals surface area contributed by atoms with Crippen LogP contribution in [0.1, 0.15) is 21.7 Å². The number of nitrogens with zero attached hydrogens (tertiary/aromatic N) is 3. The lowest BCUT2D eigenvalue weighted by molar-refractivity contribution is 0.103. The Morgan fingerprint density at radius 3 is 2.65 bits per heavy atom. The molecule has 0 saturated carbocycles. The largest absolute Gasteiger partial charge is 0.356 e. The first-order chi connectivity index (χ1) is 14.9. The minimum absolute atomic E-state index is 0.0894. The molecule has 0 atom stereocenters. The minimum Gasteiger partial charge on any atom is -0.356 e. The van der Waals surface area contributed by atoms with E-state index in [2.05, 4.69) is 19.9 Å². The molecule has 2 N–H and O–H groups in total. The van der Waals surface area contributed by atoms with E-state index in [-0.39, 0.29) is 23.0 Å². The van der Waals surface area contributed by atoms with Gasteiger partial charge in [0.2, 0.25) is 5.78 Å². The maximum absolute atomic E-state index is 14.0. The number of hydrogen-bond donors (Lipinski definition) is 2. The Labute approximate surface area is 171 Å². The zero-order valence-corrected chi connectivity index (χ0v) is 15.6. The van der Waals surface area contributed by atoms with E-state index in [1.165, 1.54) is 23.0 Å². The van der Waals surface area contributed by atoms with Crippen molar-refractivity contribution in [2.24, 2.45) is 0 Å². The Morgan fingerprint density at radius 1 is 1.13 bits per heavy atom. The van der Waals surface area contributed by atoms with E-state index in [0.29, 0.717) is 23.5 Å². The highest BCUT2D eigenvalue weighted by Gasteiger charge is 2.23. The smallest absolute Gasteiger partial charge is 0.275 e. The van der Waals surface area contributed by atoms with Crippen molar-refractivity contribution in [1.29, 1.82) is 0 Å². The second-order valence-electron chi connectivity index (χ2n) is 6.89. The molecule has 0 unspecified atom stereocenters. The third-order valence-corrected chi connectivity index (χ3v) is 4.95. The summed E-state index contributed by atoms with van der Waals surface area (Å²) in [4.78, 5) is 39.7. The summed E-state index contributed by atoms with van der Waals surface area (Å²) in [5, 5.41) is 0.197. The molecular formula is C21H12F3N5O2. The third kappa shape index (κ3) is 3.08. The molecule has 0 saturated heterocycles. The van der Waals surface area contributed by atoms with Crippen molar-refractivity contribution in [2.75, 3.05) is 0 Å². The first-order valence-electron chi connectivity index (χ1n) is 9.11. The number of imidazole rings is 1. The number of H-pyrrole nitrogens is 2. The van der Waals surface area contributed by atoms with Crippen molar-refractivity contribution in [3.63, 3.8) is 0 Å². The number of carbonyl (C=O) groups excluding carboxylic acids is 1. The first-order valence-corrected chi connectivity index (χ1v) is 9.11. The standard InChI is InChI=1S/C21H12F3N5O2/c22-10-5-13(23)18(14(24)6-10)20(30)12-7-26-19-11(12)2-4-29(21(19)31)9-17-27-15-1-3-25-8-16(15)28-17/h1-8,26H,9H2,(H,27,28). The zero-order chi connectivity index (χ0) is 21.7. The molecule has 7 nitrogen and oxygen atoms in total. The van der Waals surface area contributed by atoms with Crippen LogP contribution in [0.25, 0.3) is 21.9 Å². The van der Waals surface area contributed by atoms with Gasteiger partial charge in [0.15, 0.2) is 0 Å². The second kappa shape index (κ2) is 6.94. The van der Waals surface area contributed by atoms with E-state index in [1.54, 1.807) is 18.5 Å². The summed E-state index contributed by atoms with van der Waals surface area (Å²) in [6.45, 7) is 0.132. The maximum atomic E-state index is 14.0. The van der Waals surface area contributed by atoms with Crippen LogP contribution in [0.4, 0.5) is 13.2 Å². The predicted octanol–water partition coefficient (Wildman–Crippen LogP) is 3.30. The number of halogens is 3. The van der Waals surface area contributed by atoms with Gasteiger partial charge in [-0.1, -0.05) is 0 Å².